The van der Waals surface area contributed by atoms with Crippen LogP contribution in [0, 0.1) is 0 Å². The third kappa shape index (κ3) is 35.2. The van der Waals surface area contributed by atoms with E-state index in [-0.39, 0.29) is 19.4 Å². The molecule has 0 saturated heterocycles. The van der Waals surface area contributed by atoms with Gasteiger partial charge >= 0.3 is 19.8 Å². The first-order valence-electron chi connectivity index (χ1n) is 18.1. The van der Waals surface area contributed by atoms with Crippen molar-refractivity contribution in [2.24, 2.45) is 0 Å². The zero-order valence-electron chi connectivity index (χ0n) is 28.8. The summed E-state index contributed by atoms with van der Waals surface area (Å²) in [7, 11) is -4.75. The molecule has 0 heterocycles. The van der Waals surface area contributed by atoms with E-state index in [4.69, 9.17) is 19.3 Å². The molecule has 1 atom stereocenters. The molecule has 0 saturated carbocycles. The van der Waals surface area contributed by atoms with Crippen molar-refractivity contribution in [1.29, 1.82) is 0 Å². The maximum atomic E-state index is 12.3. The lowest BCUT2D eigenvalue weighted by molar-refractivity contribution is -0.161. The van der Waals surface area contributed by atoms with Crippen LogP contribution in [0.4, 0.5) is 0 Å². The topological polar surface area (TPSA) is 119 Å². The Hall–Kier alpha value is -1.47. The van der Waals surface area contributed by atoms with Gasteiger partial charge in [0.1, 0.15) is 6.61 Å². The van der Waals surface area contributed by atoms with Crippen LogP contribution in [0.5, 0.6) is 0 Å². The van der Waals surface area contributed by atoms with Gasteiger partial charge in [-0.2, -0.15) is 0 Å². The fraction of sp³-hybridized carbons (Fsp3) is 0.833. The average molecular weight is 659 g/mol. The lowest BCUT2D eigenvalue weighted by Gasteiger charge is -2.18. The first-order chi connectivity index (χ1) is 21.8. The minimum atomic E-state index is -4.75. The van der Waals surface area contributed by atoms with Gasteiger partial charge in [0.15, 0.2) is 6.10 Å². The van der Waals surface area contributed by atoms with E-state index < -0.39 is 32.5 Å². The molecule has 0 fully saturated rings. The minimum absolute atomic E-state index is 0.200. The highest BCUT2D eigenvalue weighted by molar-refractivity contribution is 7.46. The Morgan fingerprint density at radius 1 is 0.556 bits per heavy atom. The van der Waals surface area contributed by atoms with Gasteiger partial charge in [-0.15, -0.1) is 0 Å². The Labute approximate surface area is 275 Å². The Morgan fingerprint density at radius 3 is 1.38 bits per heavy atom. The molecule has 0 aliphatic carbocycles. The van der Waals surface area contributed by atoms with Crippen LogP contribution in [-0.4, -0.2) is 41.0 Å². The Kier molecular flexibility index (Phi) is 31.4. The summed E-state index contributed by atoms with van der Waals surface area (Å²) in [5.74, 6) is -0.913. The number of ether oxygens (including phenoxy) is 2. The zero-order valence-corrected chi connectivity index (χ0v) is 29.7. The quantitative estimate of drug-likeness (QED) is 0.0309. The molecule has 0 aromatic heterocycles. The number of carbonyl (C=O) groups excluding carboxylic acids is 2. The number of allylic oxidation sites excluding steroid dienone is 4. The van der Waals surface area contributed by atoms with Gasteiger partial charge < -0.3 is 19.3 Å². The number of unbranched alkanes of at least 4 members (excludes halogenated alkanes) is 19. The van der Waals surface area contributed by atoms with Crippen molar-refractivity contribution in [3.63, 3.8) is 0 Å². The van der Waals surface area contributed by atoms with Gasteiger partial charge in [-0.1, -0.05) is 122 Å². The van der Waals surface area contributed by atoms with E-state index in [1.165, 1.54) is 77.0 Å². The number of hydrogen-bond acceptors (Lipinski definition) is 6. The molecular formula is C36H67O8P. The van der Waals surface area contributed by atoms with Crippen LogP contribution in [0.1, 0.15) is 174 Å². The summed E-state index contributed by atoms with van der Waals surface area (Å²) in [6.45, 7) is 3.63. The van der Waals surface area contributed by atoms with E-state index in [0.717, 1.165) is 57.8 Å². The first kappa shape index (κ1) is 43.5. The van der Waals surface area contributed by atoms with Crippen LogP contribution >= 0.6 is 7.82 Å². The molecule has 0 aliphatic rings. The third-order valence-electron chi connectivity index (χ3n) is 7.69. The van der Waals surface area contributed by atoms with Gasteiger partial charge in [-0.25, -0.2) is 4.57 Å². The molecule has 2 N–H and O–H groups in total. The van der Waals surface area contributed by atoms with Gasteiger partial charge in [0, 0.05) is 12.8 Å². The maximum Gasteiger partial charge on any atom is 0.469 e. The Balaban J connectivity index is 4.02. The van der Waals surface area contributed by atoms with Crippen molar-refractivity contribution in [1.82, 2.24) is 0 Å². The van der Waals surface area contributed by atoms with E-state index in [1.807, 2.05) is 0 Å². The third-order valence-corrected chi connectivity index (χ3v) is 8.18. The van der Waals surface area contributed by atoms with Crippen molar-refractivity contribution < 1.29 is 37.9 Å². The Bertz CT molecular complexity index is 792. The zero-order chi connectivity index (χ0) is 33.3. The number of phosphoric ester groups is 1. The molecule has 0 rings (SSSR count). The molecule has 0 radical (unpaired) electrons. The van der Waals surface area contributed by atoms with Crippen LogP contribution in [0.25, 0.3) is 0 Å². The van der Waals surface area contributed by atoms with E-state index in [1.54, 1.807) is 0 Å². The van der Waals surface area contributed by atoms with Gasteiger partial charge in [0.05, 0.1) is 6.61 Å². The van der Waals surface area contributed by atoms with Crippen molar-refractivity contribution in [2.45, 2.75) is 180 Å². The molecule has 9 heteroatoms. The number of esters is 2. The molecule has 8 nitrogen and oxygen atoms in total. The molecule has 0 aliphatic heterocycles. The van der Waals surface area contributed by atoms with Gasteiger partial charge in [-0.05, 0) is 64.2 Å². The lowest BCUT2D eigenvalue weighted by Crippen LogP contribution is -2.29. The first-order valence-corrected chi connectivity index (χ1v) is 19.7. The smallest absolute Gasteiger partial charge is 0.462 e. The van der Waals surface area contributed by atoms with E-state index in [9.17, 15) is 14.2 Å². The highest BCUT2D eigenvalue weighted by atomic mass is 31.2. The molecule has 0 bridgehead atoms. The van der Waals surface area contributed by atoms with Crippen molar-refractivity contribution in [3.8, 4) is 0 Å². The summed E-state index contributed by atoms with van der Waals surface area (Å²) in [5.41, 5.74) is 0. The molecule has 0 aromatic carbocycles. The molecule has 0 unspecified atom stereocenters. The van der Waals surface area contributed by atoms with Gasteiger partial charge in [0.25, 0.3) is 0 Å². The number of carbonyl (C=O) groups is 2. The fourth-order valence-electron chi connectivity index (χ4n) is 4.95. The van der Waals surface area contributed by atoms with Crippen LogP contribution in [0.15, 0.2) is 24.3 Å². The van der Waals surface area contributed by atoms with Gasteiger partial charge in [-0.3, -0.25) is 14.1 Å². The summed E-state index contributed by atoms with van der Waals surface area (Å²) in [4.78, 5) is 42.6. The Morgan fingerprint density at radius 2 is 0.933 bits per heavy atom. The fourth-order valence-corrected chi connectivity index (χ4v) is 5.31. The van der Waals surface area contributed by atoms with Crippen LogP contribution in [-0.2, 0) is 28.2 Å². The van der Waals surface area contributed by atoms with E-state index in [2.05, 4.69) is 42.7 Å². The van der Waals surface area contributed by atoms with Crippen molar-refractivity contribution >= 4 is 19.8 Å². The van der Waals surface area contributed by atoms with Crippen molar-refractivity contribution in [3.05, 3.63) is 24.3 Å². The second-order valence-electron chi connectivity index (χ2n) is 12.2. The highest BCUT2D eigenvalue weighted by Gasteiger charge is 2.22. The number of hydrogen-bond donors (Lipinski definition) is 2. The molecule has 264 valence electrons. The average Bonchev–Trinajstić information content (AvgIpc) is 3.00. The monoisotopic (exact) mass is 658 g/mol. The predicted molar refractivity (Wildman–Crippen MR) is 184 cm³/mol. The normalized spacial score (nSPS) is 12.7. The molecular weight excluding hydrogens is 591 g/mol. The second kappa shape index (κ2) is 32.5. The molecule has 0 aromatic rings. The summed E-state index contributed by atoms with van der Waals surface area (Å²) >= 11 is 0. The maximum absolute atomic E-state index is 12.3. The van der Waals surface area contributed by atoms with Crippen molar-refractivity contribution in [2.75, 3.05) is 13.2 Å². The summed E-state index contributed by atoms with van der Waals surface area (Å²) in [6.07, 6.45) is 34.7. The predicted octanol–water partition coefficient (Wildman–Crippen LogP) is 10.5. The van der Waals surface area contributed by atoms with Crippen LogP contribution in [0.2, 0.25) is 0 Å². The standard InChI is InChI=1S/C36H67O8P/c1-3-5-7-9-11-13-15-17-19-21-23-25-27-29-31-36(38)44-34(33-43-45(39,40)41)32-42-35(37)30-28-26-24-22-20-18-16-14-12-10-8-6-4-2/h15,17-18,20,34H,3-14,16,19,21-33H2,1-2H3,(H2,39,40,41)/b17-15+,20-18+/t34-/m1/s1. The lowest BCUT2D eigenvalue weighted by atomic mass is 10.1. The van der Waals surface area contributed by atoms with E-state index in [0.29, 0.717) is 12.8 Å². The molecule has 0 amide bonds. The summed E-state index contributed by atoms with van der Waals surface area (Å²) in [6, 6.07) is 0. The second-order valence-corrected chi connectivity index (χ2v) is 13.4. The summed E-state index contributed by atoms with van der Waals surface area (Å²) in [5, 5.41) is 0. The molecule has 0 spiro atoms. The van der Waals surface area contributed by atoms with E-state index >= 15 is 0 Å². The highest BCUT2D eigenvalue weighted by Crippen LogP contribution is 2.36. The molecule has 45 heavy (non-hydrogen) atoms. The number of phosphoric acid groups is 1. The minimum Gasteiger partial charge on any atom is -0.462 e. The number of rotatable bonds is 33. The SMILES string of the molecule is CCCCCCC/C=C/CCCCCCCC(=O)O[C@H](COC(=O)CCCCC/C=C/CCCCCCCC)COP(=O)(O)O. The van der Waals surface area contributed by atoms with Crippen LogP contribution in [0.3, 0.4) is 0 Å². The van der Waals surface area contributed by atoms with Gasteiger partial charge in [0.2, 0.25) is 0 Å². The largest absolute Gasteiger partial charge is 0.469 e. The van der Waals surface area contributed by atoms with Crippen LogP contribution < -0.4 is 0 Å². The summed E-state index contributed by atoms with van der Waals surface area (Å²) < 4.78 is 26.2.